The molecule has 29 heavy (non-hydrogen) atoms. The molecule has 0 radical (unpaired) electrons. The Bertz CT molecular complexity index is 1150. The van der Waals surface area contributed by atoms with Crippen molar-refractivity contribution in [1.82, 2.24) is 9.55 Å². The minimum Gasteiger partial charge on any atom is -0.454 e. The van der Waals surface area contributed by atoms with Crippen molar-refractivity contribution in [3.63, 3.8) is 0 Å². The second-order valence-corrected chi connectivity index (χ2v) is 5.74. The minimum atomic E-state index is -4.84. The Morgan fingerprint density at radius 2 is 1.83 bits per heavy atom. The molecule has 148 valence electrons. The predicted octanol–water partition coefficient (Wildman–Crippen LogP) is 3.18. The summed E-state index contributed by atoms with van der Waals surface area (Å²) in [6.45, 7) is -0.686. The summed E-state index contributed by atoms with van der Waals surface area (Å²) in [5.41, 5.74) is -0.0854. The van der Waals surface area contributed by atoms with Crippen molar-refractivity contribution < 1.29 is 27.4 Å². The second kappa shape index (κ2) is 8.02. The average Bonchev–Trinajstić information content (AvgIpc) is 2.68. The monoisotopic (exact) mass is 403 g/mol. The van der Waals surface area contributed by atoms with Crippen LogP contribution in [0.5, 0.6) is 5.75 Å². The molecule has 3 aromatic rings. The Kier molecular flexibility index (Phi) is 5.50. The predicted molar refractivity (Wildman–Crippen MR) is 93.9 cm³/mol. The third kappa shape index (κ3) is 4.70. The molecule has 0 saturated carbocycles. The molecule has 10 heteroatoms. The molecule has 3 rings (SSSR count). The van der Waals surface area contributed by atoms with Crippen LogP contribution in [-0.2, 0) is 17.9 Å². The lowest BCUT2D eigenvalue weighted by Gasteiger charge is -2.12. The van der Waals surface area contributed by atoms with E-state index in [1.807, 2.05) is 6.07 Å². The van der Waals surface area contributed by atoms with Crippen molar-refractivity contribution in [2.45, 2.75) is 19.5 Å². The molecule has 0 saturated heterocycles. The Balaban J connectivity index is 1.79. The van der Waals surface area contributed by atoms with E-state index in [0.717, 1.165) is 28.8 Å². The Labute approximate surface area is 161 Å². The Hall–Kier alpha value is -3.87. The van der Waals surface area contributed by atoms with Crippen LogP contribution in [0.25, 0.3) is 10.9 Å². The highest BCUT2D eigenvalue weighted by molar-refractivity contribution is 5.89. The van der Waals surface area contributed by atoms with Crippen molar-refractivity contribution >= 4 is 16.9 Å². The van der Waals surface area contributed by atoms with Crippen LogP contribution in [-0.4, -0.2) is 21.9 Å². The molecule has 0 amide bonds. The van der Waals surface area contributed by atoms with Gasteiger partial charge in [-0.25, -0.2) is 9.78 Å². The van der Waals surface area contributed by atoms with Crippen molar-refractivity contribution in [2.75, 3.05) is 0 Å². The van der Waals surface area contributed by atoms with E-state index in [4.69, 9.17) is 10.00 Å². The molecular formula is C19H12F3N3O4. The number of para-hydroxylation sites is 1. The van der Waals surface area contributed by atoms with Gasteiger partial charge in [0, 0.05) is 0 Å². The fraction of sp³-hybridized carbons (Fsp3) is 0.158. The smallest absolute Gasteiger partial charge is 0.454 e. The largest absolute Gasteiger partial charge is 0.573 e. The number of halogens is 3. The lowest BCUT2D eigenvalue weighted by Crippen LogP contribution is -2.26. The molecule has 1 aromatic heterocycles. The first-order valence-electron chi connectivity index (χ1n) is 8.17. The maximum Gasteiger partial charge on any atom is 0.573 e. The van der Waals surface area contributed by atoms with E-state index in [9.17, 15) is 22.8 Å². The van der Waals surface area contributed by atoms with Crippen LogP contribution in [0, 0.1) is 11.3 Å². The Morgan fingerprint density at radius 3 is 2.48 bits per heavy atom. The number of nitriles is 1. The fourth-order valence-corrected chi connectivity index (χ4v) is 2.56. The van der Waals surface area contributed by atoms with E-state index in [-0.39, 0.29) is 17.9 Å². The molecule has 0 aliphatic rings. The van der Waals surface area contributed by atoms with Gasteiger partial charge in [0.2, 0.25) is 0 Å². The summed E-state index contributed by atoms with van der Waals surface area (Å²) in [7, 11) is 0. The van der Waals surface area contributed by atoms with E-state index in [1.165, 1.54) is 0 Å². The molecule has 0 atom stereocenters. The van der Waals surface area contributed by atoms with Gasteiger partial charge in [0.25, 0.3) is 5.56 Å². The van der Waals surface area contributed by atoms with Crippen LogP contribution in [0.3, 0.4) is 0 Å². The zero-order valence-electron chi connectivity index (χ0n) is 14.6. The second-order valence-electron chi connectivity index (χ2n) is 5.74. The number of hydrogen-bond acceptors (Lipinski definition) is 6. The van der Waals surface area contributed by atoms with Crippen molar-refractivity contribution in [3.05, 3.63) is 70.3 Å². The lowest BCUT2D eigenvalue weighted by atomic mass is 10.2. The molecular weight excluding hydrogens is 391 g/mol. The highest BCUT2D eigenvalue weighted by atomic mass is 19.4. The first-order chi connectivity index (χ1) is 13.8. The van der Waals surface area contributed by atoms with Crippen molar-refractivity contribution in [1.29, 1.82) is 5.26 Å². The number of rotatable bonds is 5. The lowest BCUT2D eigenvalue weighted by molar-refractivity contribution is -0.274. The van der Waals surface area contributed by atoms with Crippen LogP contribution in [0.15, 0.2) is 53.3 Å². The number of nitrogens with zero attached hydrogens (tertiary/aromatic N) is 3. The van der Waals surface area contributed by atoms with Crippen LogP contribution < -0.4 is 10.3 Å². The Morgan fingerprint density at radius 1 is 1.14 bits per heavy atom. The van der Waals surface area contributed by atoms with Gasteiger partial charge < -0.3 is 9.47 Å². The quantitative estimate of drug-likeness (QED) is 0.608. The number of carbonyl (C=O) groups excluding carboxylic acids is 1. The topological polar surface area (TPSA) is 94.2 Å². The minimum absolute atomic E-state index is 0.0190. The average molecular weight is 403 g/mol. The van der Waals surface area contributed by atoms with Gasteiger partial charge >= 0.3 is 12.3 Å². The van der Waals surface area contributed by atoms with Crippen LogP contribution in [0.1, 0.15) is 16.2 Å². The van der Waals surface area contributed by atoms with Gasteiger partial charge in [0.15, 0.2) is 5.82 Å². The molecule has 0 aliphatic heterocycles. The number of ether oxygens (including phenoxy) is 2. The van der Waals surface area contributed by atoms with Crippen molar-refractivity contribution in [3.8, 4) is 11.8 Å². The van der Waals surface area contributed by atoms with Crippen LogP contribution in [0.2, 0.25) is 0 Å². The fourth-order valence-electron chi connectivity index (χ4n) is 2.56. The zero-order chi connectivity index (χ0) is 21.0. The summed E-state index contributed by atoms with van der Waals surface area (Å²) in [6.07, 6.45) is -4.84. The number of hydrogen-bond donors (Lipinski definition) is 0. The van der Waals surface area contributed by atoms with E-state index in [0.29, 0.717) is 10.9 Å². The van der Waals surface area contributed by atoms with E-state index < -0.39 is 30.2 Å². The summed E-state index contributed by atoms with van der Waals surface area (Å²) in [4.78, 5) is 29.0. The van der Waals surface area contributed by atoms with Crippen LogP contribution >= 0.6 is 0 Å². The van der Waals surface area contributed by atoms with Gasteiger partial charge in [-0.2, -0.15) is 5.26 Å². The number of benzene rings is 2. The summed E-state index contributed by atoms with van der Waals surface area (Å²) in [6, 6.07) is 12.5. The third-order valence-electron chi connectivity index (χ3n) is 3.83. The van der Waals surface area contributed by atoms with Gasteiger partial charge in [0.05, 0.1) is 22.5 Å². The third-order valence-corrected chi connectivity index (χ3v) is 3.83. The standard InChI is InChI=1S/C19H12F3N3O4/c20-19(21,22)29-13-7-5-12(6-8-13)18(27)28-11-16-24-15-4-2-1-3-14(15)17(26)25(16)10-9-23/h1-8H,10-11H2. The van der Waals surface area contributed by atoms with Gasteiger partial charge in [0.1, 0.15) is 18.9 Å². The van der Waals surface area contributed by atoms with Crippen LogP contribution in [0.4, 0.5) is 13.2 Å². The molecule has 2 aromatic carbocycles. The molecule has 7 nitrogen and oxygen atoms in total. The number of carbonyl (C=O) groups is 1. The highest BCUT2D eigenvalue weighted by Gasteiger charge is 2.31. The normalized spacial score (nSPS) is 11.1. The maximum absolute atomic E-state index is 12.5. The number of aromatic nitrogens is 2. The number of esters is 1. The summed E-state index contributed by atoms with van der Waals surface area (Å²) in [5, 5.41) is 9.28. The van der Waals surface area contributed by atoms with Crippen molar-refractivity contribution in [2.24, 2.45) is 0 Å². The molecule has 1 heterocycles. The highest BCUT2D eigenvalue weighted by Crippen LogP contribution is 2.23. The molecule has 0 spiro atoms. The molecule has 0 unspecified atom stereocenters. The first-order valence-corrected chi connectivity index (χ1v) is 8.17. The number of fused-ring (bicyclic) bond motifs is 1. The van der Waals surface area contributed by atoms with E-state index in [2.05, 4.69) is 9.72 Å². The summed E-state index contributed by atoms with van der Waals surface area (Å²) >= 11 is 0. The van der Waals surface area contributed by atoms with E-state index in [1.54, 1.807) is 24.3 Å². The number of alkyl halides is 3. The summed E-state index contributed by atoms with van der Waals surface area (Å²) in [5.74, 6) is -1.25. The van der Waals surface area contributed by atoms with Gasteiger partial charge in [-0.15, -0.1) is 13.2 Å². The SMILES string of the molecule is N#CCn1c(COC(=O)c2ccc(OC(F)(F)F)cc2)nc2ccccc2c1=O. The molecule has 0 bridgehead atoms. The molecule has 0 aliphatic carbocycles. The maximum atomic E-state index is 12.5. The first kappa shape index (κ1) is 19.9. The molecule has 0 N–H and O–H groups in total. The summed E-state index contributed by atoms with van der Waals surface area (Å²) < 4.78 is 46.5. The van der Waals surface area contributed by atoms with Gasteiger partial charge in [-0.05, 0) is 36.4 Å². The van der Waals surface area contributed by atoms with Gasteiger partial charge in [-0.3, -0.25) is 9.36 Å². The van der Waals surface area contributed by atoms with E-state index >= 15 is 0 Å². The van der Waals surface area contributed by atoms with Gasteiger partial charge in [-0.1, -0.05) is 12.1 Å². The zero-order valence-corrected chi connectivity index (χ0v) is 14.6. The molecule has 0 fully saturated rings.